The molecule has 3 nitrogen and oxygen atoms in total. The van der Waals surface area contributed by atoms with Crippen molar-refractivity contribution >= 4 is 11.4 Å². The largest absolute Gasteiger partial charge is 0.384 e. The van der Waals surface area contributed by atoms with Crippen LogP contribution in [0.25, 0.3) is 0 Å². The van der Waals surface area contributed by atoms with Gasteiger partial charge in [-0.2, -0.15) is 0 Å². The zero-order valence-electron chi connectivity index (χ0n) is 10.9. The van der Waals surface area contributed by atoms with Crippen LogP contribution in [0.3, 0.4) is 0 Å². The molecule has 0 aliphatic heterocycles. The summed E-state index contributed by atoms with van der Waals surface area (Å²) in [5.41, 5.74) is 2.39. The van der Waals surface area contributed by atoms with Crippen molar-refractivity contribution in [1.82, 2.24) is 4.98 Å². The number of rotatable bonds is 7. The summed E-state index contributed by atoms with van der Waals surface area (Å²) in [6.07, 6.45) is 7.83. The van der Waals surface area contributed by atoms with E-state index in [4.69, 9.17) is 0 Å². The topological polar surface area (TPSA) is 28.2 Å². The summed E-state index contributed by atoms with van der Waals surface area (Å²) in [7, 11) is 0. The fourth-order valence-electron chi connectivity index (χ4n) is 2.00. The standard InChI is InChI=1S/C14H23N3/c1-3-7-16-13-8-14(10-15-9-13)17(4-2)11-12-5-6-12/h8-10,12,16H,3-7,11H2,1-2H3. The van der Waals surface area contributed by atoms with E-state index in [9.17, 15) is 0 Å². The molecule has 1 aliphatic carbocycles. The van der Waals surface area contributed by atoms with E-state index in [1.807, 2.05) is 12.4 Å². The predicted molar refractivity (Wildman–Crippen MR) is 73.6 cm³/mol. The van der Waals surface area contributed by atoms with Crippen LogP contribution in [0.15, 0.2) is 18.5 Å². The third kappa shape index (κ3) is 3.62. The van der Waals surface area contributed by atoms with Gasteiger partial charge in [-0.05, 0) is 38.2 Å². The van der Waals surface area contributed by atoms with Crippen LogP contribution in [0.1, 0.15) is 33.1 Å². The molecular formula is C14H23N3. The van der Waals surface area contributed by atoms with Gasteiger partial charge in [-0.3, -0.25) is 4.98 Å². The number of hydrogen-bond acceptors (Lipinski definition) is 3. The Kier molecular flexibility index (Phi) is 4.24. The monoisotopic (exact) mass is 233 g/mol. The third-order valence-corrected chi connectivity index (χ3v) is 3.23. The molecule has 2 rings (SSSR count). The molecule has 94 valence electrons. The molecule has 1 fully saturated rings. The third-order valence-electron chi connectivity index (χ3n) is 3.23. The molecule has 1 aromatic heterocycles. The molecule has 0 bridgehead atoms. The van der Waals surface area contributed by atoms with Crippen LogP contribution < -0.4 is 10.2 Å². The van der Waals surface area contributed by atoms with Crippen LogP contribution in [-0.4, -0.2) is 24.6 Å². The fourth-order valence-corrected chi connectivity index (χ4v) is 2.00. The van der Waals surface area contributed by atoms with Gasteiger partial charge < -0.3 is 10.2 Å². The van der Waals surface area contributed by atoms with Crippen molar-refractivity contribution in [2.24, 2.45) is 5.92 Å². The Balaban J connectivity index is 2.01. The average Bonchev–Trinajstić information content (AvgIpc) is 3.18. The first-order valence-corrected chi connectivity index (χ1v) is 6.77. The molecule has 0 aromatic carbocycles. The Labute approximate surface area is 104 Å². The van der Waals surface area contributed by atoms with Gasteiger partial charge in [0.25, 0.3) is 0 Å². The van der Waals surface area contributed by atoms with E-state index in [1.165, 1.54) is 25.1 Å². The van der Waals surface area contributed by atoms with Crippen molar-refractivity contribution in [3.8, 4) is 0 Å². The molecule has 0 saturated heterocycles. The second-order valence-electron chi connectivity index (χ2n) is 4.84. The van der Waals surface area contributed by atoms with Gasteiger partial charge in [0.2, 0.25) is 0 Å². The summed E-state index contributed by atoms with van der Waals surface area (Å²) < 4.78 is 0. The van der Waals surface area contributed by atoms with Crippen LogP contribution in [0.2, 0.25) is 0 Å². The molecule has 1 saturated carbocycles. The van der Waals surface area contributed by atoms with Crippen LogP contribution >= 0.6 is 0 Å². The minimum atomic E-state index is 0.919. The van der Waals surface area contributed by atoms with Gasteiger partial charge in [-0.25, -0.2) is 0 Å². The van der Waals surface area contributed by atoms with Crippen molar-refractivity contribution in [3.63, 3.8) is 0 Å². The second-order valence-corrected chi connectivity index (χ2v) is 4.84. The van der Waals surface area contributed by atoms with Crippen molar-refractivity contribution < 1.29 is 0 Å². The van der Waals surface area contributed by atoms with Crippen molar-refractivity contribution in [1.29, 1.82) is 0 Å². The molecule has 3 heteroatoms. The lowest BCUT2D eigenvalue weighted by Crippen LogP contribution is -2.25. The van der Waals surface area contributed by atoms with E-state index < -0.39 is 0 Å². The summed E-state index contributed by atoms with van der Waals surface area (Å²) in [6.45, 7) is 7.66. The molecule has 1 heterocycles. The molecule has 0 amide bonds. The van der Waals surface area contributed by atoms with Crippen LogP contribution in [-0.2, 0) is 0 Å². The van der Waals surface area contributed by atoms with Gasteiger partial charge in [0.1, 0.15) is 0 Å². The highest BCUT2D eigenvalue weighted by molar-refractivity contribution is 5.55. The summed E-state index contributed by atoms with van der Waals surface area (Å²) in [6, 6.07) is 2.22. The molecule has 0 radical (unpaired) electrons. The maximum absolute atomic E-state index is 4.33. The molecule has 1 aromatic rings. The fraction of sp³-hybridized carbons (Fsp3) is 0.643. The molecule has 17 heavy (non-hydrogen) atoms. The minimum absolute atomic E-state index is 0.919. The normalized spacial score (nSPS) is 14.7. The van der Waals surface area contributed by atoms with E-state index in [1.54, 1.807) is 0 Å². The van der Waals surface area contributed by atoms with Gasteiger partial charge in [0, 0.05) is 19.6 Å². The van der Waals surface area contributed by atoms with E-state index in [0.29, 0.717) is 0 Å². The molecule has 1 aliphatic rings. The molecular weight excluding hydrogens is 210 g/mol. The Bertz CT molecular complexity index is 347. The highest BCUT2D eigenvalue weighted by atomic mass is 15.1. The van der Waals surface area contributed by atoms with Crippen molar-refractivity contribution in [2.75, 3.05) is 29.9 Å². The number of pyridine rings is 1. The van der Waals surface area contributed by atoms with Gasteiger partial charge in [0.15, 0.2) is 0 Å². The zero-order valence-corrected chi connectivity index (χ0v) is 10.9. The van der Waals surface area contributed by atoms with E-state index in [2.05, 4.69) is 35.1 Å². The van der Waals surface area contributed by atoms with Crippen LogP contribution in [0, 0.1) is 5.92 Å². The number of nitrogens with one attached hydrogen (secondary N) is 1. The number of anilines is 2. The lowest BCUT2D eigenvalue weighted by Gasteiger charge is -2.23. The summed E-state index contributed by atoms with van der Waals surface area (Å²) in [5, 5.41) is 3.39. The molecule has 0 atom stereocenters. The smallest absolute Gasteiger partial charge is 0.0573 e. The molecule has 0 unspecified atom stereocenters. The quantitative estimate of drug-likeness (QED) is 0.784. The Hall–Kier alpha value is -1.25. The van der Waals surface area contributed by atoms with Crippen molar-refractivity contribution in [3.05, 3.63) is 18.5 Å². The number of nitrogens with zero attached hydrogens (tertiary/aromatic N) is 2. The summed E-state index contributed by atoms with van der Waals surface area (Å²) >= 11 is 0. The average molecular weight is 233 g/mol. The van der Waals surface area contributed by atoms with Gasteiger partial charge in [-0.1, -0.05) is 6.92 Å². The van der Waals surface area contributed by atoms with Crippen LogP contribution in [0.5, 0.6) is 0 Å². The SMILES string of the molecule is CCCNc1cncc(N(CC)CC2CC2)c1. The highest BCUT2D eigenvalue weighted by Crippen LogP contribution is 2.31. The minimum Gasteiger partial charge on any atom is -0.384 e. The Morgan fingerprint density at radius 3 is 2.82 bits per heavy atom. The maximum Gasteiger partial charge on any atom is 0.0573 e. The van der Waals surface area contributed by atoms with Gasteiger partial charge >= 0.3 is 0 Å². The van der Waals surface area contributed by atoms with E-state index >= 15 is 0 Å². The summed E-state index contributed by atoms with van der Waals surface area (Å²) in [5.74, 6) is 0.919. The Morgan fingerprint density at radius 2 is 2.18 bits per heavy atom. The second kappa shape index (κ2) is 5.89. The first kappa shape index (κ1) is 12.2. The summed E-state index contributed by atoms with van der Waals surface area (Å²) in [4.78, 5) is 6.76. The first-order valence-electron chi connectivity index (χ1n) is 6.77. The predicted octanol–water partition coefficient (Wildman–Crippen LogP) is 3.14. The first-order chi connectivity index (χ1) is 8.33. The van der Waals surface area contributed by atoms with Crippen LogP contribution in [0.4, 0.5) is 11.4 Å². The zero-order chi connectivity index (χ0) is 12.1. The lowest BCUT2D eigenvalue weighted by atomic mass is 10.3. The maximum atomic E-state index is 4.33. The molecule has 1 N–H and O–H groups in total. The number of hydrogen-bond donors (Lipinski definition) is 1. The molecule has 0 spiro atoms. The van der Waals surface area contributed by atoms with Crippen molar-refractivity contribution in [2.45, 2.75) is 33.1 Å². The lowest BCUT2D eigenvalue weighted by molar-refractivity contribution is 0.740. The van der Waals surface area contributed by atoms with E-state index in [0.717, 1.165) is 31.1 Å². The number of aromatic nitrogens is 1. The highest BCUT2D eigenvalue weighted by Gasteiger charge is 2.23. The van der Waals surface area contributed by atoms with Gasteiger partial charge in [-0.15, -0.1) is 0 Å². The Morgan fingerprint density at radius 1 is 1.35 bits per heavy atom. The van der Waals surface area contributed by atoms with Gasteiger partial charge in [0.05, 0.1) is 23.8 Å². The van der Waals surface area contributed by atoms with E-state index in [-0.39, 0.29) is 0 Å².